The number of aromatic nitrogens is 1. The van der Waals surface area contributed by atoms with Crippen molar-refractivity contribution in [3.8, 4) is 11.3 Å². The SMILES string of the molecule is CNc1nc(-c2ccc(NC(C)=O)cc2)c(C)s1. The van der Waals surface area contributed by atoms with Crippen molar-refractivity contribution in [3.63, 3.8) is 0 Å². The molecule has 0 saturated heterocycles. The minimum Gasteiger partial charge on any atom is -0.365 e. The second kappa shape index (κ2) is 5.18. The summed E-state index contributed by atoms with van der Waals surface area (Å²) in [7, 11) is 1.86. The molecule has 0 aliphatic carbocycles. The number of benzene rings is 1. The first-order valence-corrected chi connectivity index (χ1v) is 6.45. The fourth-order valence-electron chi connectivity index (χ4n) is 1.69. The van der Waals surface area contributed by atoms with Gasteiger partial charge in [0.25, 0.3) is 0 Å². The van der Waals surface area contributed by atoms with E-state index in [0.29, 0.717) is 0 Å². The summed E-state index contributed by atoms with van der Waals surface area (Å²) in [5.41, 5.74) is 2.84. The van der Waals surface area contributed by atoms with Gasteiger partial charge < -0.3 is 10.6 Å². The van der Waals surface area contributed by atoms with Crippen LogP contribution in [0.15, 0.2) is 24.3 Å². The zero-order chi connectivity index (χ0) is 13.1. The lowest BCUT2D eigenvalue weighted by atomic mass is 10.1. The summed E-state index contributed by atoms with van der Waals surface area (Å²) in [6, 6.07) is 7.70. The fraction of sp³-hybridized carbons (Fsp3) is 0.231. The Balaban J connectivity index is 2.28. The zero-order valence-electron chi connectivity index (χ0n) is 10.6. The topological polar surface area (TPSA) is 54.0 Å². The first kappa shape index (κ1) is 12.6. The molecular weight excluding hydrogens is 246 g/mol. The third kappa shape index (κ3) is 2.68. The van der Waals surface area contributed by atoms with E-state index in [0.717, 1.165) is 22.1 Å². The summed E-state index contributed by atoms with van der Waals surface area (Å²) < 4.78 is 0. The molecule has 94 valence electrons. The summed E-state index contributed by atoms with van der Waals surface area (Å²) in [6.07, 6.45) is 0. The Hall–Kier alpha value is -1.88. The molecule has 0 aliphatic heterocycles. The summed E-state index contributed by atoms with van der Waals surface area (Å²) in [5, 5.41) is 6.70. The second-order valence-electron chi connectivity index (χ2n) is 3.93. The lowest BCUT2D eigenvalue weighted by molar-refractivity contribution is -0.114. The molecule has 0 unspecified atom stereocenters. The summed E-state index contributed by atoms with van der Waals surface area (Å²) in [5.74, 6) is -0.0648. The molecule has 0 radical (unpaired) electrons. The molecule has 1 aromatic heterocycles. The first-order valence-electron chi connectivity index (χ1n) is 5.63. The van der Waals surface area contributed by atoms with E-state index in [4.69, 9.17) is 0 Å². The quantitative estimate of drug-likeness (QED) is 0.892. The van der Waals surface area contributed by atoms with Crippen molar-refractivity contribution in [2.24, 2.45) is 0 Å². The molecule has 4 nitrogen and oxygen atoms in total. The molecule has 0 spiro atoms. The minimum atomic E-state index is -0.0648. The van der Waals surface area contributed by atoms with Gasteiger partial charge in [-0.2, -0.15) is 0 Å². The van der Waals surface area contributed by atoms with Crippen LogP contribution in [0.25, 0.3) is 11.3 Å². The Bertz CT molecular complexity index is 560. The van der Waals surface area contributed by atoms with E-state index < -0.39 is 0 Å². The number of nitrogens with one attached hydrogen (secondary N) is 2. The molecule has 1 aromatic carbocycles. The van der Waals surface area contributed by atoms with E-state index in [1.165, 1.54) is 11.8 Å². The summed E-state index contributed by atoms with van der Waals surface area (Å²) >= 11 is 1.63. The average Bonchev–Trinajstić information content (AvgIpc) is 2.71. The van der Waals surface area contributed by atoms with E-state index in [1.807, 2.05) is 31.3 Å². The number of hydrogen-bond donors (Lipinski definition) is 2. The number of thiazole rings is 1. The van der Waals surface area contributed by atoms with Crippen molar-refractivity contribution in [3.05, 3.63) is 29.1 Å². The van der Waals surface area contributed by atoms with Gasteiger partial charge in [-0.05, 0) is 19.1 Å². The van der Waals surface area contributed by atoms with Crippen LogP contribution in [0.2, 0.25) is 0 Å². The fourth-order valence-corrected chi connectivity index (χ4v) is 2.48. The third-order valence-corrected chi connectivity index (χ3v) is 3.48. The van der Waals surface area contributed by atoms with Crippen LogP contribution < -0.4 is 10.6 Å². The molecule has 0 bridgehead atoms. The van der Waals surface area contributed by atoms with Gasteiger partial charge in [0, 0.05) is 30.1 Å². The van der Waals surface area contributed by atoms with Crippen LogP contribution >= 0.6 is 11.3 Å². The van der Waals surface area contributed by atoms with Gasteiger partial charge in [0.05, 0.1) is 5.69 Å². The maximum absolute atomic E-state index is 10.9. The van der Waals surface area contributed by atoms with Crippen LogP contribution in [0.5, 0.6) is 0 Å². The normalized spacial score (nSPS) is 10.2. The van der Waals surface area contributed by atoms with Gasteiger partial charge in [0.15, 0.2) is 5.13 Å². The van der Waals surface area contributed by atoms with Crippen LogP contribution in [0.3, 0.4) is 0 Å². The zero-order valence-corrected chi connectivity index (χ0v) is 11.4. The van der Waals surface area contributed by atoms with Crippen LogP contribution in [-0.2, 0) is 4.79 Å². The van der Waals surface area contributed by atoms with Crippen molar-refractivity contribution in [2.75, 3.05) is 17.7 Å². The Labute approximate surface area is 110 Å². The van der Waals surface area contributed by atoms with Crippen LogP contribution in [-0.4, -0.2) is 17.9 Å². The molecule has 2 N–H and O–H groups in total. The third-order valence-electron chi connectivity index (χ3n) is 2.49. The van der Waals surface area contributed by atoms with Gasteiger partial charge in [-0.3, -0.25) is 4.79 Å². The van der Waals surface area contributed by atoms with E-state index in [2.05, 4.69) is 22.5 Å². The van der Waals surface area contributed by atoms with Gasteiger partial charge in [0.2, 0.25) is 5.91 Å². The highest BCUT2D eigenvalue weighted by atomic mass is 32.1. The smallest absolute Gasteiger partial charge is 0.221 e. The van der Waals surface area contributed by atoms with Crippen molar-refractivity contribution < 1.29 is 4.79 Å². The molecular formula is C13H15N3OS. The van der Waals surface area contributed by atoms with Crippen molar-refractivity contribution in [1.29, 1.82) is 0 Å². The Morgan fingerprint density at radius 3 is 2.44 bits per heavy atom. The molecule has 0 atom stereocenters. The lowest BCUT2D eigenvalue weighted by Gasteiger charge is -2.03. The molecule has 2 rings (SSSR count). The highest BCUT2D eigenvalue weighted by Crippen LogP contribution is 2.30. The largest absolute Gasteiger partial charge is 0.365 e. The number of carbonyl (C=O) groups excluding carboxylic acids is 1. The number of anilines is 2. The number of aryl methyl sites for hydroxylation is 1. The Morgan fingerprint density at radius 2 is 1.94 bits per heavy atom. The monoisotopic (exact) mass is 261 g/mol. The Morgan fingerprint density at radius 1 is 1.28 bits per heavy atom. The van der Waals surface area contributed by atoms with Gasteiger partial charge in [-0.25, -0.2) is 4.98 Å². The van der Waals surface area contributed by atoms with Crippen molar-refractivity contribution >= 4 is 28.1 Å². The second-order valence-corrected chi connectivity index (χ2v) is 5.14. The number of hydrogen-bond acceptors (Lipinski definition) is 4. The van der Waals surface area contributed by atoms with E-state index in [-0.39, 0.29) is 5.91 Å². The van der Waals surface area contributed by atoms with Crippen molar-refractivity contribution in [1.82, 2.24) is 4.98 Å². The number of nitrogens with zero attached hydrogens (tertiary/aromatic N) is 1. The molecule has 1 heterocycles. The van der Waals surface area contributed by atoms with Crippen molar-refractivity contribution in [2.45, 2.75) is 13.8 Å². The average molecular weight is 261 g/mol. The number of amides is 1. The molecule has 1 amide bonds. The number of rotatable bonds is 3. The standard InChI is InChI=1S/C13H15N3OS/c1-8-12(16-13(14-3)18-8)10-4-6-11(7-5-10)15-9(2)17/h4-7H,1-3H3,(H,14,16)(H,15,17). The Kier molecular flexibility index (Phi) is 3.62. The van der Waals surface area contributed by atoms with E-state index in [9.17, 15) is 4.79 Å². The van der Waals surface area contributed by atoms with Gasteiger partial charge in [-0.15, -0.1) is 11.3 Å². The molecule has 18 heavy (non-hydrogen) atoms. The van der Waals surface area contributed by atoms with Gasteiger partial charge in [-0.1, -0.05) is 12.1 Å². The van der Waals surface area contributed by atoms with Gasteiger partial charge in [0.1, 0.15) is 0 Å². The van der Waals surface area contributed by atoms with Crippen LogP contribution in [0.4, 0.5) is 10.8 Å². The molecule has 0 fully saturated rings. The molecule has 5 heteroatoms. The minimum absolute atomic E-state index is 0.0648. The highest BCUT2D eigenvalue weighted by molar-refractivity contribution is 7.15. The lowest BCUT2D eigenvalue weighted by Crippen LogP contribution is -2.05. The maximum Gasteiger partial charge on any atom is 0.221 e. The summed E-state index contributed by atoms with van der Waals surface area (Å²) in [6.45, 7) is 3.55. The van der Waals surface area contributed by atoms with E-state index >= 15 is 0 Å². The van der Waals surface area contributed by atoms with Crippen LogP contribution in [0.1, 0.15) is 11.8 Å². The molecule has 0 aliphatic rings. The van der Waals surface area contributed by atoms with Gasteiger partial charge >= 0.3 is 0 Å². The predicted molar refractivity (Wildman–Crippen MR) is 76.1 cm³/mol. The highest BCUT2D eigenvalue weighted by Gasteiger charge is 2.08. The molecule has 2 aromatic rings. The summed E-state index contributed by atoms with van der Waals surface area (Å²) in [4.78, 5) is 16.6. The number of carbonyl (C=O) groups is 1. The van der Waals surface area contributed by atoms with Crippen LogP contribution in [0, 0.1) is 6.92 Å². The maximum atomic E-state index is 10.9. The van der Waals surface area contributed by atoms with E-state index in [1.54, 1.807) is 11.3 Å². The first-order chi connectivity index (χ1) is 8.60. The molecule has 0 saturated carbocycles. The predicted octanol–water partition coefficient (Wildman–Crippen LogP) is 3.12.